The molecule has 39 heavy (non-hydrogen) atoms. The van der Waals surface area contributed by atoms with Crippen molar-refractivity contribution in [1.29, 1.82) is 0 Å². The smallest absolute Gasteiger partial charge is 0.323 e. The van der Waals surface area contributed by atoms with Crippen LogP contribution in [0.25, 0.3) is 51.0 Å². The first kappa shape index (κ1) is 24.2. The summed E-state index contributed by atoms with van der Waals surface area (Å²) in [4.78, 5) is 22.9. The van der Waals surface area contributed by atoms with E-state index in [9.17, 15) is 4.79 Å². The van der Waals surface area contributed by atoms with Gasteiger partial charge in [0.1, 0.15) is 11.2 Å². The Kier molecular flexibility index (Phi) is 5.99. The van der Waals surface area contributed by atoms with Crippen LogP contribution < -0.4 is 10.1 Å². The zero-order valence-corrected chi connectivity index (χ0v) is 22.0. The van der Waals surface area contributed by atoms with Gasteiger partial charge in [-0.1, -0.05) is 66.7 Å². The summed E-state index contributed by atoms with van der Waals surface area (Å²) < 4.78 is 7.71. The molecule has 0 spiro atoms. The van der Waals surface area contributed by atoms with Gasteiger partial charge in [-0.05, 0) is 37.3 Å². The minimum atomic E-state index is -0.121. The molecule has 4 heterocycles. The molecule has 2 aromatic carbocycles. The van der Waals surface area contributed by atoms with Gasteiger partial charge in [-0.25, -0.2) is 14.1 Å². The molecule has 0 aliphatic rings. The summed E-state index contributed by atoms with van der Waals surface area (Å²) in [5.74, 6) is 0.930. The van der Waals surface area contributed by atoms with Crippen LogP contribution in [0.15, 0.2) is 90.8 Å². The van der Waals surface area contributed by atoms with Crippen molar-refractivity contribution < 1.29 is 4.57 Å². The number of allylic oxidation sites excluding steroid dienone is 4. The summed E-state index contributed by atoms with van der Waals surface area (Å²) in [6.45, 7) is 11.0. The molecule has 0 bridgehead atoms. The highest BCUT2D eigenvalue weighted by Crippen LogP contribution is 2.21. The predicted octanol–water partition coefficient (Wildman–Crippen LogP) is 4.78. The molecule has 0 saturated heterocycles. The topological polar surface area (TPSA) is 73.9 Å². The fraction of sp³-hybridized carbons (Fsp3) is 0.129. The molecule has 192 valence electrons. The van der Waals surface area contributed by atoms with Crippen LogP contribution in [0.4, 0.5) is 0 Å². The number of aromatic nitrogens is 7. The van der Waals surface area contributed by atoms with Crippen molar-refractivity contribution >= 4 is 51.0 Å². The predicted molar refractivity (Wildman–Crippen MR) is 156 cm³/mol. The minimum absolute atomic E-state index is 0.121. The standard InChI is InChI=1S/C31H28N7O/c1-5-19-36-27(37(20-6-2)29-28(36)32-24-15-9-10-16-25(24)33-29)18-12-8-13-22-21(3)34-38-30(22)35(4)26-17-11-7-14-23(26)31(38)39/h5-18H,1-2,19-20H2,3-4H3/q+1. The normalized spacial score (nSPS) is 12.2. The van der Waals surface area contributed by atoms with E-state index < -0.39 is 0 Å². The SMILES string of the molecule is C=CCn1c(/C=C/C=C/c2c(C)nn3c(=O)c4ccccc4n(C)c23)[n+](CC=C)c2nc3ccccc3nc21. The molecule has 0 unspecified atom stereocenters. The lowest BCUT2D eigenvalue weighted by molar-refractivity contribution is -0.665. The van der Waals surface area contributed by atoms with Crippen LogP contribution in [-0.2, 0) is 20.1 Å². The third kappa shape index (κ3) is 3.88. The summed E-state index contributed by atoms with van der Waals surface area (Å²) in [5, 5.41) is 5.19. The maximum absolute atomic E-state index is 13.1. The highest BCUT2D eigenvalue weighted by atomic mass is 16.1. The molecule has 0 aliphatic heterocycles. The number of hydrogen-bond donors (Lipinski definition) is 0. The second-order valence-electron chi connectivity index (χ2n) is 9.35. The lowest BCUT2D eigenvalue weighted by Gasteiger charge is -2.08. The number of aryl methyl sites for hydroxylation is 2. The van der Waals surface area contributed by atoms with Crippen molar-refractivity contribution in [3.63, 3.8) is 0 Å². The van der Waals surface area contributed by atoms with Gasteiger partial charge in [-0.15, -0.1) is 0 Å². The van der Waals surface area contributed by atoms with Gasteiger partial charge in [-0.3, -0.25) is 4.79 Å². The van der Waals surface area contributed by atoms with E-state index >= 15 is 0 Å². The molecule has 8 heteroatoms. The largest absolute Gasteiger partial charge is 0.328 e. The fourth-order valence-electron chi connectivity index (χ4n) is 5.16. The third-order valence-corrected chi connectivity index (χ3v) is 6.93. The number of fused-ring (bicyclic) bond motifs is 4. The monoisotopic (exact) mass is 514 g/mol. The van der Waals surface area contributed by atoms with Crippen LogP contribution in [0.3, 0.4) is 0 Å². The lowest BCUT2D eigenvalue weighted by atomic mass is 10.2. The van der Waals surface area contributed by atoms with Crippen molar-refractivity contribution in [2.75, 3.05) is 0 Å². The number of benzene rings is 2. The fourth-order valence-corrected chi connectivity index (χ4v) is 5.16. The Morgan fingerprint density at radius 3 is 2.44 bits per heavy atom. The van der Waals surface area contributed by atoms with Crippen molar-refractivity contribution in [1.82, 2.24) is 28.7 Å². The number of rotatable bonds is 7. The van der Waals surface area contributed by atoms with Crippen LogP contribution >= 0.6 is 0 Å². The lowest BCUT2D eigenvalue weighted by Crippen LogP contribution is -2.36. The maximum Gasteiger partial charge on any atom is 0.323 e. The summed E-state index contributed by atoms with van der Waals surface area (Å²) >= 11 is 0. The second-order valence-corrected chi connectivity index (χ2v) is 9.35. The van der Waals surface area contributed by atoms with Gasteiger partial charge in [0, 0.05) is 18.7 Å². The Balaban J connectivity index is 1.47. The van der Waals surface area contributed by atoms with Crippen LogP contribution in [0.1, 0.15) is 17.1 Å². The van der Waals surface area contributed by atoms with E-state index in [1.807, 2.05) is 104 Å². The van der Waals surface area contributed by atoms with E-state index in [1.165, 1.54) is 4.52 Å². The Morgan fingerprint density at radius 2 is 1.67 bits per heavy atom. The molecule has 4 aromatic heterocycles. The van der Waals surface area contributed by atoms with Crippen molar-refractivity contribution in [2.45, 2.75) is 20.0 Å². The van der Waals surface area contributed by atoms with Crippen LogP contribution in [0, 0.1) is 6.92 Å². The van der Waals surface area contributed by atoms with Crippen molar-refractivity contribution in [2.24, 2.45) is 7.05 Å². The molecule has 0 saturated carbocycles. The molecular weight excluding hydrogens is 486 g/mol. The highest BCUT2D eigenvalue weighted by molar-refractivity contribution is 5.84. The molecule has 6 rings (SSSR count). The molecule has 8 nitrogen and oxygen atoms in total. The van der Waals surface area contributed by atoms with Gasteiger partial charge in [0.2, 0.25) is 5.82 Å². The van der Waals surface area contributed by atoms with E-state index in [2.05, 4.69) is 27.4 Å². The van der Waals surface area contributed by atoms with Crippen LogP contribution in [0.5, 0.6) is 0 Å². The first-order valence-electron chi connectivity index (χ1n) is 12.8. The zero-order valence-electron chi connectivity index (χ0n) is 22.0. The Labute approximate surface area is 224 Å². The average Bonchev–Trinajstić information content (AvgIpc) is 3.43. The maximum atomic E-state index is 13.1. The van der Waals surface area contributed by atoms with Gasteiger partial charge in [0.05, 0.1) is 29.7 Å². The second kappa shape index (κ2) is 9.64. The highest BCUT2D eigenvalue weighted by Gasteiger charge is 2.24. The van der Waals surface area contributed by atoms with Gasteiger partial charge in [-0.2, -0.15) is 9.61 Å². The van der Waals surface area contributed by atoms with Gasteiger partial charge < -0.3 is 4.57 Å². The molecular formula is C31H28N7O+. The summed E-state index contributed by atoms with van der Waals surface area (Å²) in [5.41, 5.74) is 6.44. The zero-order chi connectivity index (χ0) is 27.1. The molecule has 0 N–H and O–H groups in total. The Bertz CT molecular complexity index is 1990. The first-order valence-corrected chi connectivity index (χ1v) is 12.8. The van der Waals surface area contributed by atoms with Crippen LogP contribution in [0.2, 0.25) is 0 Å². The Morgan fingerprint density at radius 1 is 0.949 bits per heavy atom. The molecule has 6 aromatic rings. The van der Waals surface area contributed by atoms with E-state index in [4.69, 9.17) is 9.97 Å². The van der Waals surface area contributed by atoms with E-state index in [1.54, 1.807) is 0 Å². The molecule has 0 atom stereocenters. The van der Waals surface area contributed by atoms with E-state index in [0.717, 1.165) is 50.6 Å². The third-order valence-electron chi connectivity index (χ3n) is 6.93. The van der Waals surface area contributed by atoms with E-state index in [-0.39, 0.29) is 5.56 Å². The van der Waals surface area contributed by atoms with E-state index in [0.29, 0.717) is 18.5 Å². The minimum Gasteiger partial charge on any atom is -0.328 e. The number of para-hydroxylation sites is 3. The number of hydrogen-bond acceptors (Lipinski definition) is 4. The molecule has 0 fully saturated rings. The molecule has 0 radical (unpaired) electrons. The number of nitrogens with zero attached hydrogens (tertiary/aromatic N) is 7. The summed E-state index contributed by atoms with van der Waals surface area (Å²) in [7, 11) is 1.96. The van der Waals surface area contributed by atoms with Crippen molar-refractivity contribution in [3.05, 3.63) is 113 Å². The average molecular weight is 515 g/mol. The summed E-state index contributed by atoms with van der Waals surface area (Å²) in [6.07, 6.45) is 11.7. The summed E-state index contributed by atoms with van der Waals surface area (Å²) in [6, 6.07) is 15.5. The Hall–Kier alpha value is -5.11. The van der Waals surface area contributed by atoms with Gasteiger partial charge in [0.25, 0.3) is 11.2 Å². The molecule has 0 aliphatic carbocycles. The quantitative estimate of drug-likeness (QED) is 0.175. The van der Waals surface area contributed by atoms with Crippen molar-refractivity contribution in [3.8, 4) is 0 Å². The van der Waals surface area contributed by atoms with Gasteiger partial charge in [0.15, 0.2) is 5.52 Å². The molecule has 0 amide bonds. The van der Waals surface area contributed by atoms with Crippen LogP contribution in [-0.4, -0.2) is 28.7 Å². The number of imidazole rings is 1. The first-order chi connectivity index (χ1) is 19.0. The van der Waals surface area contributed by atoms with Gasteiger partial charge >= 0.3 is 5.65 Å².